The maximum absolute atomic E-state index is 13.2. The third-order valence-corrected chi connectivity index (χ3v) is 5.22. The minimum Gasteiger partial charge on any atom is -0.463 e. The first kappa shape index (κ1) is 18.1. The number of hydrogen-bond donors (Lipinski definition) is 1. The van der Waals surface area contributed by atoms with Crippen LogP contribution in [0, 0.1) is 0 Å². The summed E-state index contributed by atoms with van der Waals surface area (Å²) in [6.45, 7) is 0.706. The second-order valence-corrected chi connectivity index (χ2v) is 7.20. The van der Waals surface area contributed by atoms with Crippen molar-refractivity contribution in [3.05, 3.63) is 78.6 Å². The van der Waals surface area contributed by atoms with E-state index in [0.717, 1.165) is 17.5 Å². The van der Waals surface area contributed by atoms with E-state index in [1.54, 1.807) is 23.3 Å². The van der Waals surface area contributed by atoms with Gasteiger partial charge in [-0.3, -0.25) is 9.59 Å². The van der Waals surface area contributed by atoms with Crippen LogP contribution in [0.15, 0.2) is 77.4 Å². The van der Waals surface area contributed by atoms with Gasteiger partial charge in [0.25, 0.3) is 5.91 Å². The largest absolute Gasteiger partial charge is 0.463 e. The van der Waals surface area contributed by atoms with Crippen molar-refractivity contribution in [2.45, 2.75) is 12.8 Å². The number of nitrogens with one attached hydrogen (secondary N) is 1. The Bertz CT molecular complexity index is 1250. The average Bonchev–Trinajstić information content (AvgIpc) is 3.45. The van der Waals surface area contributed by atoms with Gasteiger partial charge in [-0.15, -0.1) is 0 Å². The Morgan fingerprint density at radius 3 is 2.73 bits per heavy atom. The van der Waals surface area contributed by atoms with Gasteiger partial charge in [-0.25, -0.2) is 4.98 Å². The lowest BCUT2D eigenvalue weighted by Gasteiger charge is -2.17. The number of pyridine rings is 1. The molecule has 148 valence electrons. The van der Waals surface area contributed by atoms with Gasteiger partial charge in [-0.1, -0.05) is 24.3 Å². The number of anilines is 2. The smallest absolute Gasteiger partial charge is 0.256 e. The van der Waals surface area contributed by atoms with Gasteiger partial charge in [0.1, 0.15) is 5.69 Å². The zero-order chi connectivity index (χ0) is 20.5. The Balaban J connectivity index is 1.50. The monoisotopic (exact) mass is 397 g/mol. The molecule has 30 heavy (non-hydrogen) atoms. The van der Waals surface area contributed by atoms with E-state index in [1.165, 1.54) is 0 Å². The van der Waals surface area contributed by atoms with E-state index in [0.29, 0.717) is 41.2 Å². The lowest BCUT2D eigenvalue weighted by molar-refractivity contribution is -0.117. The summed E-state index contributed by atoms with van der Waals surface area (Å²) in [4.78, 5) is 31.6. The van der Waals surface area contributed by atoms with Crippen molar-refractivity contribution in [3.63, 3.8) is 0 Å². The highest BCUT2D eigenvalue weighted by molar-refractivity contribution is 6.13. The minimum absolute atomic E-state index is 0.113. The molecule has 0 atom stereocenters. The number of carbonyl (C=O) groups excluding carboxylic acids is 2. The SMILES string of the molecule is O=C(Nc1cccc(N2CCCC2=O)c1)c1cc(-c2ccco2)nc2ccccc12. The molecule has 0 saturated carbocycles. The van der Waals surface area contributed by atoms with Gasteiger partial charge >= 0.3 is 0 Å². The molecule has 6 nitrogen and oxygen atoms in total. The van der Waals surface area contributed by atoms with E-state index in [2.05, 4.69) is 10.3 Å². The fraction of sp³-hybridized carbons (Fsp3) is 0.125. The van der Waals surface area contributed by atoms with Crippen LogP contribution in [0.2, 0.25) is 0 Å². The van der Waals surface area contributed by atoms with E-state index in [4.69, 9.17) is 4.42 Å². The summed E-state index contributed by atoms with van der Waals surface area (Å²) in [7, 11) is 0. The molecule has 4 aromatic rings. The predicted octanol–water partition coefficient (Wildman–Crippen LogP) is 4.87. The molecule has 1 fully saturated rings. The number of nitrogens with zero attached hydrogens (tertiary/aromatic N) is 2. The Morgan fingerprint density at radius 2 is 1.93 bits per heavy atom. The van der Waals surface area contributed by atoms with E-state index >= 15 is 0 Å². The molecule has 0 bridgehead atoms. The van der Waals surface area contributed by atoms with Crippen LogP contribution in [0.1, 0.15) is 23.2 Å². The molecule has 1 aliphatic rings. The van der Waals surface area contributed by atoms with Gasteiger partial charge in [0.2, 0.25) is 5.91 Å². The molecule has 6 heteroatoms. The molecular formula is C24H19N3O3. The number of para-hydroxylation sites is 1. The highest BCUT2D eigenvalue weighted by atomic mass is 16.3. The van der Waals surface area contributed by atoms with Gasteiger partial charge < -0.3 is 14.6 Å². The molecule has 5 rings (SSSR count). The van der Waals surface area contributed by atoms with Crippen molar-refractivity contribution in [3.8, 4) is 11.5 Å². The van der Waals surface area contributed by atoms with Gasteiger partial charge in [0, 0.05) is 29.7 Å². The van der Waals surface area contributed by atoms with Crippen molar-refractivity contribution in [1.82, 2.24) is 4.98 Å². The van der Waals surface area contributed by atoms with Crippen LogP contribution in [0.25, 0.3) is 22.4 Å². The maximum atomic E-state index is 13.2. The summed E-state index contributed by atoms with van der Waals surface area (Å²) in [6, 6.07) is 20.2. The second-order valence-electron chi connectivity index (χ2n) is 7.20. The fourth-order valence-corrected chi connectivity index (χ4v) is 3.78. The van der Waals surface area contributed by atoms with E-state index in [1.807, 2.05) is 54.6 Å². The first-order chi connectivity index (χ1) is 14.7. The van der Waals surface area contributed by atoms with Crippen molar-refractivity contribution in [2.24, 2.45) is 0 Å². The quantitative estimate of drug-likeness (QED) is 0.533. The Labute approximate surface area is 173 Å². The fourth-order valence-electron chi connectivity index (χ4n) is 3.78. The van der Waals surface area contributed by atoms with Crippen LogP contribution in [-0.2, 0) is 4.79 Å². The molecule has 1 N–H and O–H groups in total. The number of amides is 2. The average molecular weight is 397 g/mol. The van der Waals surface area contributed by atoms with Crippen LogP contribution in [0.5, 0.6) is 0 Å². The Kier molecular flexibility index (Phi) is 4.52. The number of aromatic nitrogens is 1. The summed E-state index contributed by atoms with van der Waals surface area (Å²) in [5.41, 5.74) is 3.26. The molecule has 2 aromatic heterocycles. The molecule has 2 amide bonds. The van der Waals surface area contributed by atoms with Crippen LogP contribution in [0.3, 0.4) is 0 Å². The van der Waals surface area contributed by atoms with Crippen molar-refractivity contribution < 1.29 is 14.0 Å². The highest BCUT2D eigenvalue weighted by Gasteiger charge is 2.22. The predicted molar refractivity (Wildman–Crippen MR) is 115 cm³/mol. The second kappa shape index (κ2) is 7.48. The molecular weight excluding hydrogens is 378 g/mol. The molecule has 0 spiro atoms. The third-order valence-electron chi connectivity index (χ3n) is 5.22. The molecule has 1 aliphatic heterocycles. The number of carbonyl (C=O) groups is 2. The lowest BCUT2D eigenvalue weighted by Crippen LogP contribution is -2.23. The molecule has 3 heterocycles. The number of furan rings is 1. The van der Waals surface area contributed by atoms with Gasteiger partial charge in [0.05, 0.1) is 17.3 Å². The van der Waals surface area contributed by atoms with Crippen molar-refractivity contribution >= 4 is 34.1 Å². The van der Waals surface area contributed by atoms with Crippen LogP contribution >= 0.6 is 0 Å². The van der Waals surface area contributed by atoms with Gasteiger partial charge in [-0.05, 0) is 48.9 Å². The lowest BCUT2D eigenvalue weighted by atomic mass is 10.1. The summed E-state index contributed by atoms with van der Waals surface area (Å²) in [6.07, 6.45) is 3.00. The third kappa shape index (κ3) is 3.33. The van der Waals surface area contributed by atoms with Crippen LogP contribution < -0.4 is 10.2 Å². The van der Waals surface area contributed by atoms with Crippen LogP contribution in [-0.4, -0.2) is 23.3 Å². The Morgan fingerprint density at radius 1 is 1.03 bits per heavy atom. The molecule has 1 saturated heterocycles. The molecule has 2 aromatic carbocycles. The first-order valence-corrected chi connectivity index (χ1v) is 9.84. The van der Waals surface area contributed by atoms with Gasteiger partial charge in [-0.2, -0.15) is 0 Å². The Hall–Kier alpha value is -3.93. The standard InChI is InChI=1S/C24H19N3O3/c28-23-11-4-12-27(23)17-7-3-6-16(14-17)25-24(29)19-15-21(22-10-5-13-30-22)26-20-9-2-1-8-18(19)20/h1-3,5-10,13-15H,4,11-12H2,(H,25,29). The van der Waals surface area contributed by atoms with E-state index < -0.39 is 0 Å². The first-order valence-electron chi connectivity index (χ1n) is 9.84. The normalized spacial score (nSPS) is 13.7. The summed E-state index contributed by atoms with van der Waals surface area (Å²) < 4.78 is 5.47. The van der Waals surface area contributed by atoms with E-state index in [9.17, 15) is 9.59 Å². The topological polar surface area (TPSA) is 75.4 Å². The molecule has 0 radical (unpaired) electrons. The number of rotatable bonds is 4. The minimum atomic E-state index is -0.244. The number of fused-ring (bicyclic) bond motifs is 1. The molecule has 0 aliphatic carbocycles. The number of benzene rings is 2. The zero-order valence-electron chi connectivity index (χ0n) is 16.2. The summed E-state index contributed by atoms with van der Waals surface area (Å²) in [5.74, 6) is 0.470. The molecule has 0 unspecified atom stereocenters. The van der Waals surface area contributed by atoms with Crippen LogP contribution in [0.4, 0.5) is 11.4 Å². The van der Waals surface area contributed by atoms with E-state index in [-0.39, 0.29) is 11.8 Å². The van der Waals surface area contributed by atoms with Crippen molar-refractivity contribution in [2.75, 3.05) is 16.8 Å². The summed E-state index contributed by atoms with van der Waals surface area (Å²) >= 11 is 0. The zero-order valence-corrected chi connectivity index (χ0v) is 16.2. The number of hydrogen-bond acceptors (Lipinski definition) is 4. The van der Waals surface area contributed by atoms with Crippen molar-refractivity contribution in [1.29, 1.82) is 0 Å². The highest BCUT2D eigenvalue weighted by Crippen LogP contribution is 2.27. The summed E-state index contributed by atoms with van der Waals surface area (Å²) in [5, 5.41) is 3.73. The van der Waals surface area contributed by atoms with Gasteiger partial charge in [0.15, 0.2) is 5.76 Å². The maximum Gasteiger partial charge on any atom is 0.256 e.